The molecule has 3 aromatic rings. The van der Waals surface area contributed by atoms with E-state index in [1.165, 1.54) is 17.8 Å². The van der Waals surface area contributed by atoms with Gasteiger partial charge in [-0.05, 0) is 44.0 Å². The molecule has 2 heterocycles. The zero-order chi connectivity index (χ0) is 22.3. The Bertz CT molecular complexity index is 1040. The van der Waals surface area contributed by atoms with Crippen molar-refractivity contribution in [2.24, 2.45) is 0 Å². The molecule has 0 N–H and O–H groups in total. The van der Waals surface area contributed by atoms with Crippen LogP contribution in [0.4, 0.5) is 5.13 Å². The van der Waals surface area contributed by atoms with E-state index in [2.05, 4.69) is 9.97 Å². The van der Waals surface area contributed by atoms with Gasteiger partial charge in [-0.1, -0.05) is 31.4 Å². The summed E-state index contributed by atoms with van der Waals surface area (Å²) in [6, 6.07) is 10.4. The van der Waals surface area contributed by atoms with Gasteiger partial charge in [0.25, 0.3) is 5.91 Å². The van der Waals surface area contributed by atoms with Gasteiger partial charge in [-0.25, -0.2) is 9.78 Å². The fourth-order valence-corrected chi connectivity index (χ4v) is 4.55. The highest BCUT2D eigenvalue weighted by Crippen LogP contribution is 2.30. The van der Waals surface area contributed by atoms with Gasteiger partial charge in [0.2, 0.25) is 0 Å². The zero-order valence-electron chi connectivity index (χ0n) is 17.8. The average molecular weight is 452 g/mol. The molecule has 0 saturated heterocycles. The third-order valence-corrected chi connectivity index (χ3v) is 6.17. The van der Waals surface area contributed by atoms with Crippen LogP contribution in [0.15, 0.2) is 60.4 Å². The number of hydrogen-bond donors (Lipinski definition) is 0. The molecule has 166 valence electrons. The predicted molar refractivity (Wildman–Crippen MR) is 122 cm³/mol. The van der Waals surface area contributed by atoms with Gasteiger partial charge in [-0.3, -0.25) is 14.7 Å². The second-order valence-electron chi connectivity index (χ2n) is 7.65. The second-order valence-corrected chi connectivity index (χ2v) is 8.52. The molecule has 0 aliphatic heterocycles. The minimum absolute atomic E-state index is 0.0738. The van der Waals surface area contributed by atoms with E-state index in [9.17, 15) is 9.59 Å². The van der Waals surface area contributed by atoms with Gasteiger partial charge in [0.1, 0.15) is 17.1 Å². The summed E-state index contributed by atoms with van der Waals surface area (Å²) in [6.45, 7) is 1.61. The highest BCUT2D eigenvalue weighted by Gasteiger charge is 2.33. The number of rotatable bonds is 7. The number of esters is 1. The molecule has 7 nitrogen and oxygen atoms in total. The number of thiazole rings is 1. The molecule has 1 aliphatic rings. The minimum atomic E-state index is -0.959. The number of amides is 1. The molecule has 1 aliphatic carbocycles. The van der Waals surface area contributed by atoms with Crippen molar-refractivity contribution >= 4 is 28.3 Å². The second kappa shape index (κ2) is 10.4. The van der Waals surface area contributed by atoms with Crippen molar-refractivity contribution in [3.8, 4) is 11.5 Å². The van der Waals surface area contributed by atoms with E-state index < -0.39 is 12.1 Å². The Balaban J connectivity index is 1.50. The van der Waals surface area contributed by atoms with Gasteiger partial charge < -0.3 is 9.47 Å². The van der Waals surface area contributed by atoms with Crippen molar-refractivity contribution in [1.82, 2.24) is 9.97 Å². The van der Waals surface area contributed by atoms with Crippen LogP contribution in [0.25, 0.3) is 0 Å². The van der Waals surface area contributed by atoms with Crippen molar-refractivity contribution in [1.29, 1.82) is 0 Å². The van der Waals surface area contributed by atoms with Crippen LogP contribution in [0.1, 0.15) is 49.4 Å². The predicted octanol–water partition coefficient (Wildman–Crippen LogP) is 5.24. The first-order chi connectivity index (χ1) is 15.6. The Morgan fingerprint density at radius 3 is 2.62 bits per heavy atom. The normalized spacial score (nSPS) is 15.0. The number of para-hydroxylation sites is 1. The van der Waals surface area contributed by atoms with Gasteiger partial charge >= 0.3 is 5.97 Å². The smallest absolute Gasteiger partial charge is 0.342 e. The molecule has 1 saturated carbocycles. The van der Waals surface area contributed by atoms with Crippen LogP contribution in [-0.4, -0.2) is 34.0 Å². The number of pyridine rings is 1. The van der Waals surface area contributed by atoms with E-state index >= 15 is 0 Å². The number of carbonyl (C=O) groups excluding carboxylic acids is 2. The van der Waals surface area contributed by atoms with E-state index in [0.29, 0.717) is 16.6 Å². The first kappa shape index (κ1) is 22.0. The molecule has 2 aromatic heterocycles. The molecule has 8 heteroatoms. The maximum absolute atomic E-state index is 13.4. The Kier molecular flexibility index (Phi) is 7.11. The molecule has 1 fully saturated rings. The lowest BCUT2D eigenvalue weighted by Crippen LogP contribution is -2.47. The third-order valence-electron chi connectivity index (χ3n) is 5.40. The monoisotopic (exact) mass is 451 g/mol. The summed E-state index contributed by atoms with van der Waals surface area (Å²) < 4.78 is 11.4. The van der Waals surface area contributed by atoms with Gasteiger partial charge in [0.05, 0.1) is 6.20 Å². The fourth-order valence-electron chi connectivity index (χ4n) is 3.83. The summed E-state index contributed by atoms with van der Waals surface area (Å²) in [5, 5.41) is 2.49. The van der Waals surface area contributed by atoms with E-state index in [-0.39, 0.29) is 17.5 Å². The Hall–Kier alpha value is -3.26. The van der Waals surface area contributed by atoms with Gasteiger partial charge in [-0.2, -0.15) is 0 Å². The average Bonchev–Trinajstić information content (AvgIpc) is 3.35. The van der Waals surface area contributed by atoms with E-state index in [1.54, 1.807) is 66.8 Å². The number of aromatic nitrogens is 2. The molecule has 0 spiro atoms. The summed E-state index contributed by atoms with van der Waals surface area (Å²) in [4.78, 5) is 36.4. The summed E-state index contributed by atoms with van der Waals surface area (Å²) in [6.07, 6.45) is 9.10. The van der Waals surface area contributed by atoms with Gasteiger partial charge in [-0.15, -0.1) is 11.3 Å². The molecule has 1 aromatic carbocycles. The molecule has 0 radical (unpaired) electrons. The maximum atomic E-state index is 13.4. The van der Waals surface area contributed by atoms with Crippen molar-refractivity contribution in [3.05, 3.63) is 65.9 Å². The van der Waals surface area contributed by atoms with Crippen molar-refractivity contribution < 1.29 is 19.1 Å². The first-order valence-corrected chi connectivity index (χ1v) is 11.6. The standard InChI is InChI=1S/C24H25N3O4S/c1-17(22(28)27(24-26-14-15-32-24)18-8-3-2-4-9-18)30-23(29)20-11-5-6-12-21(20)31-19-10-7-13-25-16-19/h5-7,10-18H,2-4,8-9H2,1H3. The summed E-state index contributed by atoms with van der Waals surface area (Å²) in [5.41, 5.74) is 0.245. The van der Waals surface area contributed by atoms with Crippen LogP contribution >= 0.6 is 11.3 Å². The van der Waals surface area contributed by atoms with Crippen LogP contribution in [0.5, 0.6) is 11.5 Å². The molecule has 1 unspecified atom stereocenters. The fraction of sp³-hybridized carbons (Fsp3) is 0.333. The van der Waals surface area contributed by atoms with E-state index in [4.69, 9.17) is 9.47 Å². The lowest BCUT2D eigenvalue weighted by molar-refractivity contribution is -0.127. The van der Waals surface area contributed by atoms with Crippen molar-refractivity contribution in [3.63, 3.8) is 0 Å². The molecular weight excluding hydrogens is 426 g/mol. The quantitative estimate of drug-likeness (QED) is 0.457. The summed E-state index contributed by atoms with van der Waals surface area (Å²) in [5.74, 6) is -0.0303. The largest absolute Gasteiger partial charge is 0.455 e. The molecule has 1 amide bonds. The van der Waals surface area contributed by atoms with Crippen LogP contribution in [0.3, 0.4) is 0 Å². The van der Waals surface area contributed by atoms with E-state index in [0.717, 1.165) is 25.7 Å². The summed E-state index contributed by atoms with van der Waals surface area (Å²) in [7, 11) is 0. The number of anilines is 1. The number of ether oxygens (including phenoxy) is 2. The highest BCUT2D eigenvalue weighted by molar-refractivity contribution is 7.13. The molecule has 0 bridgehead atoms. The number of nitrogens with zero attached hydrogens (tertiary/aromatic N) is 3. The lowest BCUT2D eigenvalue weighted by Gasteiger charge is -2.33. The van der Waals surface area contributed by atoms with Crippen LogP contribution in [-0.2, 0) is 9.53 Å². The maximum Gasteiger partial charge on any atom is 0.342 e. The number of carbonyl (C=O) groups is 2. The first-order valence-electron chi connectivity index (χ1n) is 10.7. The highest BCUT2D eigenvalue weighted by atomic mass is 32.1. The Morgan fingerprint density at radius 1 is 1.09 bits per heavy atom. The Morgan fingerprint density at radius 2 is 1.91 bits per heavy atom. The summed E-state index contributed by atoms with van der Waals surface area (Å²) >= 11 is 1.42. The van der Waals surface area contributed by atoms with Gasteiger partial charge in [0.15, 0.2) is 11.2 Å². The molecule has 4 rings (SSSR count). The molecule has 1 atom stereocenters. The number of hydrogen-bond acceptors (Lipinski definition) is 7. The van der Waals surface area contributed by atoms with Crippen molar-refractivity contribution in [2.75, 3.05) is 4.90 Å². The van der Waals surface area contributed by atoms with Gasteiger partial charge in [0, 0.05) is 23.8 Å². The van der Waals surface area contributed by atoms with Crippen LogP contribution in [0, 0.1) is 0 Å². The third kappa shape index (κ3) is 5.13. The molecule has 32 heavy (non-hydrogen) atoms. The Labute approximate surface area is 191 Å². The minimum Gasteiger partial charge on any atom is -0.455 e. The van der Waals surface area contributed by atoms with E-state index in [1.807, 2.05) is 5.38 Å². The van der Waals surface area contributed by atoms with Crippen LogP contribution in [0.2, 0.25) is 0 Å². The zero-order valence-corrected chi connectivity index (χ0v) is 18.7. The van der Waals surface area contributed by atoms with Crippen LogP contribution < -0.4 is 9.64 Å². The SMILES string of the molecule is CC(OC(=O)c1ccccc1Oc1cccnc1)C(=O)N(c1nccs1)C1CCCCC1. The van der Waals surface area contributed by atoms with Crippen molar-refractivity contribution in [2.45, 2.75) is 51.2 Å². The molecular formula is C24H25N3O4S. The topological polar surface area (TPSA) is 81.6 Å². The number of benzene rings is 1. The lowest BCUT2D eigenvalue weighted by atomic mass is 9.94.